The number of carbonyl (C=O) groups is 1. The van der Waals surface area contributed by atoms with Crippen molar-refractivity contribution in [1.29, 1.82) is 0 Å². The van der Waals surface area contributed by atoms with Gasteiger partial charge in [0, 0.05) is 59.3 Å². The van der Waals surface area contributed by atoms with E-state index in [0.717, 1.165) is 17.1 Å². The number of likely N-dealkylation sites (N-methyl/N-ethyl adjacent to an activating group) is 1. The number of para-hydroxylation sites is 1. The number of carboxylic acids is 1. The van der Waals surface area contributed by atoms with Gasteiger partial charge in [-0.1, -0.05) is 57.3 Å². The summed E-state index contributed by atoms with van der Waals surface area (Å²) in [5.74, 6) is -9.96. The highest BCUT2D eigenvalue weighted by Crippen LogP contribution is 2.52. The third-order valence-electron chi connectivity index (χ3n) is 8.43. The van der Waals surface area contributed by atoms with E-state index in [-0.39, 0.29) is 5.57 Å². The van der Waals surface area contributed by atoms with Crippen LogP contribution in [0, 0.1) is 23.3 Å². The Labute approximate surface area is 259 Å². The first kappa shape index (κ1) is 31.2. The second-order valence-corrected chi connectivity index (χ2v) is 11.3. The van der Waals surface area contributed by atoms with Crippen molar-refractivity contribution in [3.05, 3.63) is 161 Å². The Hall–Kier alpha value is -5.24. The van der Waals surface area contributed by atoms with Gasteiger partial charge in [-0.15, -0.1) is 0 Å². The fourth-order valence-electron chi connectivity index (χ4n) is 5.97. The molecule has 228 valence electrons. The van der Waals surface area contributed by atoms with Gasteiger partial charge in [0.1, 0.15) is 12.6 Å². The summed E-state index contributed by atoms with van der Waals surface area (Å²) < 4.78 is 62.0. The van der Waals surface area contributed by atoms with E-state index in [1.54, 1.807) is 42.5 Å². The number of aromatic carboxylic acids is 1. The third-order valence-corrected chi connectivity index (χ3v) is 8.43. The molecule has 5 rings (SSSR count). The lowest BCUT2D eigenvalue weighted by Crippen LogP contribution is -2.31. The Bertz CT molecular complexity index is 1950. The quantitative estimate of drug-likeness (QED) is 0.0957. The number of anilines is 2. The molecule has 0 saturated carbocycles. The minimum atomic E-state index is -2.19. The molecule has 1 N–H and O–H groups in total. The maximum Gasteiger partial charge on any atom is 0.339 e. The molecule has 2 aliphatic carbocycles. The Morgan fingerprint density at radius 1 is 0.933 bits per heavy atom. The summed E-state index contributed by atoms with van der Waals surface area (Å²) in [6, 6.07) is 14.9. The van der Waals surface area contributed by atoms with Crippen LogP contribution in [-0.2, 0) is 5.41 Å². The second kappa shape index (κ2) is 11.7. The molecule has 0 atom stereocenters. The highest BCUT2D eigenvalue weighted by molar-refractivity contribution is 6.08. The van der Waals surface area contributed by atoms with Crippen LogP contribution in [0.2, 0.25) is 0 Å². The van der Waals surface area contributed by atoms with Crippen molar-refractivity contribution in [2.75, 3.05) is 19.0 Å². The molecule has 3 aromatic carbocycles. The lowest BCUT2D eigenvalue weighted by Gasteiger charge is -2.40. The van der Waals surface area contributed by atoms with Gasteiger partial charge >= 0.3 is 5.97 Å². The Morgan fingerprint density at radius 2 is 1.60 bits per heavy atom. The molecule has 0 bridgehead atoms. The summed E-state index contributed by atoms with van der Waals surface area (Å²) in [6.07, 6.45) is 10.3. The van der Waals surface area contributed by atoms with Gasteiger partial charge in [-0.2, -0.15) is 4.58 Å². The Kier molecular flexibility index (Phi) is 8.10. The van der Waals surface area contributed by atoms with E-state index in [1.807, 2.05) is 79.9 Å². The van der Waals surface area contributed by atoms with Crippen LogP contribution < -0.4 is 4.90 Å². The van der Waals surface area contributed by atoms with Crippen molar-refractivity contribution >= 4 is 28.6 Å². The van der Waals surface area contributed by atoms with E-state index in [0.29, 0.717) is 28.0 Å². The van der Waals surface area contributed by atoms with Gasteiger partial charge in [0.2, 0.25) is 11.4 Å². The Balaban J connectivity index is 1.90. The number of benzene rings is 3. The van der Waals surface area contributed by atoms with Crippen LogP contribution in [0.5, 0.6) is 0 Å². The summed E-state index contributed by atoms with van der Waals surface area (Å²) in [5, 5.41) is 9.97. The molecule has 0 radical (unpaired) electrons. The predicted molar refractivity (Wildman–Crippen MR) is 170 cm³/mol. The molecule has 0 aromatic heterocycles. The van der Waals surface area contributed by atoms with Crippen molar-refractivity contribution in [3.8, 4) is 0 Å². The van der Waals surface area contributed by atoms with Crippen LogP contribution in [0.15, 0.2) is 115 Å². The van der Waals surface area contributed by atoms with Gasteiger partial charge < -0.3 is 10.0 Å². The monoisotopic (exact) mass is 611 g/mol. The molecule has 0 amide bonds. The van der Waals surface area contributed by atoms with Crippen LogP contribution in [0.4, 0.5) is 28.9 Å². The standard InChI is InChI=1S/C37H30F4N2O2/c1-7-12-21(8-2)42(5)23-15-17-25-27(19-23)37(3,4)28-20-24(43(6)22-13-10-9-11-14-22)16-18-26(28)29(25)30-31(36(44)45)33(39)35(41)34(40)32(30)38/h7-20H,1-2H2,3-6H3/p+1/b21-12+. The number of carboxylic acid groups (broad SMARTS) is 1. The maximum absolute atomic E-state index is 15.8. The minimum absolute atomic E-state index is 0.0549. The van der Waals surface area contributed by atoms with Crippen molar-refractivity contribution < 1.29 is 32.0 Å². The molecular formula is C37H31F4N2O2+. The SMILES string of the molecule is C=C/C=C(\C=C)[N+](C)=C1C=CC2=C(c3c(F)c(F)c(F)c(F)c3C(=O)O)c3ccc(N(C)c4ccccc4)cc3C(C)(C)C2=C1. The van der Waals surface area contributed by atoms with Gasteiger partial charge in [0.15, 0.2) is 23.3 Å². The van der Waals surface area contributed by atoms with Crippen molar-refractivity contribution in [1.82, 2.24) is 0 Å². The number of hydrogen-bond acceptors (Lipinski definition) is 2. The maximum atomic E-state index is 15.8. The number of fused-ring (bicyclic) bond motifs is 2. The van der Waals surface area contributed by atoms with E-state index in [1.165, 1.54) is 0 Å². The van der Waals surface area contributed by atoms with Gasteiger partial charge in [-0.05, 0) is 52.6 Å². The summed E-state index contributed by atoms with van der Waals surface area (Å²) in [4.78, 5) is 14.3. The van der Waals surface area contributed by atoms with Crippen molar-refractivity contribution in [2.24, 2.45) is 0 Å². The zero-order valence-electron chi connectivity index (χ0n) is 25.3. The molecule has 4 nitrogen and oxygen atoms in total. The van der Waals surface area contributed by atoms with E-state index in [4.69, 9.17) is 0 Å². The van der Waals surface area contributed by atoms with E-state index in [2.05, 4.69) is 13.2 Å². The van der Waals surface area contributed by atoms with Gasteiger partial charge in [-0.3, -0.25) is 0 Å². The summed E-state index contributed by atoms with van der Waals surface area (Å²) in [7, 11) is 3.71. The van der Waals surface area contributed by atoms with Crippen LogP contribution in [0.25, 0.3) is 5.57 Å². The van der Waals surface area contributed by atoms with Crippen LogP contribution in [0.1, 0.15) is 40.9 Å². The van der Waals surface area contributed by atoms with Crippen LogP contribution >= 0.6 is 0 Å². The highest BCUT2D eigenvalue weighted by atomic mass is 19.2. The largest absolute Gasteiger partial charge is 0.478 e. The molecule has 0 spiro atoms. The van der Waals surface area contributed by atoms with Gasteiger partial charge in [0.05, 0.1) is 0 Å². The first-order chi connectivity index (χ1) is 21.3. The summed E-state index contributed by atoms with van der Waals surface area (Å²) in [5.41, 5.74) is 2.14. The van der Waals surface area contributed by atoms with Crippen molar-refractivity contribution in [2.45, 2.75) is 19.3 Å². The van der Waals surface area contributed by atoms with E-state index < -0.39 is 45.8 Å². The van der Waals surface area contributed by atoms with Crippen molar-refractivity contribution in [3.63, 3.8) is 0 Å². The second-order valence-electron chi connectivity index (χ2n) is 11.3. The van der Waals surface area contributed by atoms with Gasteiger partial charge in [-0.25, -0.2) is 22.4 Å². The average Bonchev–Trinajstić information content (AvgIpc) is 3.04. The summed E-state index contributed by atoms with van der Waals surface area (Å²) in [6.45, 7) is 11.5. The molecule has 0 aliphatic heterocycles. The number of halogens is 4. The van der Waals surface area contributed by atoms with E-state index >= 15 is 8.78 Å². The smallest absolute Gasteiger partial charge is 0.339 e. The third kappa shape index (κ3) is 5.06. The van der Waals surface area contributed by atoms with Crippen LogP contribution in [-0.4, -0.2) is 35.5 Å². The number of nitrogens with zero attached hydrogens (tertiary/aromatic N) is 2. The topological polar surface area (TPSA) is 43.6 Å². The molecule has 0 saturated heterocycles. The number of hydrogen-bond donors (Lipinski definition) is 1. The number of rotatable bonds is 7. The van der Waals surface area contributed by atoms with Crippen LogP contribution in [0.3, 0.4) is 0 Å². The summed E-state index contributed by atoms with van der Waals surface area (Å²) >= 11 is 0. The lowest BCUT2D eigenvalue weighted by molar-refractivity contribution is -0.436. The fraction of sp³-hybridized carbons (Fsp3) is 0.135. The molecular weight excluding hydrogens is 580 g/mol. The Morgan fingerprint density at radius 3 is 2.22 bits per heavy atom. The molecule has 0 heterocycles. The lowest BCUT2D eigenvalue weighted by atomic mass is 9.64. The number of allylic oxidation sites excluding steroid dienone is 8. The highest BCUT2D eigenvalue weighted by Gasteiger charge is 2.42. The van der Waals surface area contributed by atoms with E-state index in [9.17, 15) is 18.7 Å². The zero-order chi connectivity index (χ0) is 32.8. The first-order valence-corrected chi connectivity index (χ1v) is 14.1. The molecule has 45 heavy (non-hydrogen) atoms. The molecule has 2 aliphatic rings. The average molecular weight is 612 g/mol. The first-order valence-electron chi connectivity index (χ1n) is 14.1. The minimum Gasteiger partial charge on any atom is -0.478 e. The predicted octanol–water partition coefficient (Wildman–Crippen LogP) is 8.64. The molecule has 3 aromatic rings. The zero-order valence-corrected chi connectivity index (χ0v) is 25.3. The molecule has 8 heteroatoms. The molecule has 0 unspecified atom stereocenters. The fourth-order valence-corrected chi connectivity index (χ4v) is 5.97. The molecule has 0 fully saturated rings. The van der Waals surface area contributed by atoms with Gasteiger partial charge in [0.25, 0.3) is 0 Å². The normalized spacial score (nSPS) is 16.4.